The van der Waals surface area contributed by atoms with E-state index in [0.29, 0.717) is 12.2 Å². The van der Waals surface area contributed by atoms with E-state index in [0.717, 1.165) is 24.9 Å². The summed E-state index contributed by atoms with van der Waals surface area (Å²) in [5.74, 6) is 0.227. The van der Waals surface area contributed by atoms with Gasteiger partial charge in [0, 0.05) is 24.4 Å². The van der Waals surface area contributed by atoms with Crippen LogP contribution in [0.4, 0.5) is 5.69 Å². The second kappa shape index (κ2) is 6.27. The Kier molecular flexibility index (Phi) is 4.93. The summed E-state index contributed by atoms with van der Waals surface area (Å²) < 4.78 is 0. The average molecular weight is 210 g/mol. The second-order valence-corrected chi connectivity index (χ2v) is 3.45. The topological polar surface area (TPSA) is 78.5 Å². The van der Waals surface area contributed by atoms with Gasteiger partial charge in [-0.25, -0.2) is 0 Å². The van der Waals surface area contributed by atoms with Gasteiger partial charge in [0.05, 0.1) is 0 Å². The van der Waals surface area contributed by atoms with Crippen molar-refractivity contribution in [3.05, 3.63) is 23.8 Å². The molecule has 0 aliphatic heterocycles. The van der Waals surface area contributed by atoms with Gasteiger partial charge >= 0.3 is 0 Å². The summed E-state index contributed by atoms with van der Waals surface area (Å²) in [7, 11) is 0. The number of phenols is 1. The molecule has 5 N–H and O–H groups in total. The normalized spacial score (nSPS) is 10.5. The van der Waals surface area contributed by atoms with E-state index in [4.69, 9.17) is 10.8 Å². The third-order valence-electron chi connectivity index (χ3n) is 2.25. The highest BCUT2D eigenvalue weighted by atomic mass is 16.3. The van der Waals surface area contributed by atoms with Crippen molar-refractivity contribution >= 4 is 5.69 Å². The van der Waals surface area contributed by atoms with Gasteiger partial charge in [-0.1, -0.05) is 6.07 Å². The number of benzene rings is 1. The fraction of sp³-hybridized carbons (Fsp3) is 0.455. The minimum absolute atomic E-state index is 0.223. The Morgan fingerprint density at radius 1 is 1.27 bits per heavy atom. The van der Waals surface area contributed by atoms with Crippen LogP contribution in [0.3, 0.4) is 0 Å². The molecule has 0 atom stereocenters. The summed E-state index contributed by atoms with van der Waals surface area (Å²) in [5.41, 5.74) is 7.06. The number of phenolic OH excluding ortho intramolecular Hbond substituents is 1. The molecule has 0 aliphatic rings. The predicted molar refractivity (Wildman–Crippen MR) is 60.5 cm³/mol. The summed E-state index contributed by atoms with van der Waals surface area (Å²) in [6.07, 6.45) is 1.72. The van der Waals surface area contributed by atoms with E-state index >= 15 is 0 Å². The minimum Gasteiger partial charge on any atom is -0.508 e. The smallest absolute Gasteiger partial charge is 0.122 e. The van der Waals surface area contributed by atoms with Crippen LogP contribution in [0.15, 0.2) is 18.2 Å². The first-order valence-corrected chi connectivity index (χ1v) is 5.13. The van der Waals surface area contributed by atoms with Gasteiger partial charge in [-0.2, -0.15) is 0 Å². The fourth-order valence-electron chi connectivity index (χ4n) is 1.36. The standard InChI is InChI=1S/C11H18N2O2/c12-10-4-3-5-11(15)9(10)8-13-6-1-2-7-14/h3-5,13-15H,1-2,6-8,12H2. The summed E-state index contributed by atoms with van der Waals surface area (Å²) in [6.45, 7) is 1.60. The molecule has 0 saturated heterocycles. The molecule has 0 spiro atoms. The average Bonchev–Trinajstić information content (AvgIpc) is 2.21. The van der Waals surface area contributed by atoms with Gasteiger partial charge in [-0.05, 0) is 31.5 Å². The fourth-order valence-corrected chi connectivity index (χ4v) is 1.36. The van der Waals surface area contributed by atoms with Crippen LogP contribution in [0.1, 0.15) is 18.4 Å². The highest BCUT2D eigenvalue weighted by Crippen LogP contribution is 2.22. The molecule has 0 amide bonds. The molecule has 4 nitrogen and oxygen atoms in total. The maximum atomic E-state index is 9.53. The van der Waals surface area contributed by atoms with Gasteiger partial charge in [-0.15, -0.1) is 0 Å². The summed E-state index contributed by atoms with van der Waals surface area (Å²) in [5, 5.41) is 21.3. The zero-order valence-corrected chi connectivity index (χ0v) is 8.74. The maximum Gasteiger partial charge on any atom is 0.122 e. The van der Waals surface area contributed by atoms with Crippen LogP contribution >= 0.6 is 0 Å². The van der Waals surface area contributed by atoms with Crippen molar-refractivity contribution in [1.82, 2.24) is 5.32 Å². The second-order valence-electron chi connectivity index (χ2n) is 3.45. The van der Waals surface area contributed by atoms with Gasteiger partial charge < -0.3 is 21.3 Å². The number of hydrogen-bond acceptors (Lipinski definition) is 4. The molecule has 4 heteroatoms. The van der Waals surface area contributed by atoms with E-state index in [1.165, 1.54) is 0 Å². The number of nitrogens with one attached hydrogen (secondary N) is 1. The number of aliphatic hydroxyl groups excluding tert-OH is 1. The number of aliphatic hydroxyl groups is 1. The minimum atomic E-state index is 0.223. The molecule has 0 heterocycles. The van der Waals surface area contributed by atoms with Gasteiger partial charge in [-0.3, -0.25) is 0 Å². The molecule has 0 bridgehead atoms. The van der Waals surface area contributed by atoms with Gasteiger partial charge in [0.1, 0.15) is 5.75 Å². The van der Waals surface area contributed by atoms with E-state index < -0.39 is 0 Å². The van der Waals surface area contributed by atoms with E-state index in [2.05, 4.69) is 5.32 Å². The molecule has 0 radical (unpaired) electrons. The Balaban J connectivity index is 2.37. The van der Waals surface area contributed by atoms with Crippen LogP contribution < -0.4 is 11.1 Å². The van der Waals surface area contributed by atoms with Gasteiger partial charge in [0.15, 0.2) is 0 Å². The van der Waals surface area contributed by atoms with Crippen molar-refractivity contribution in [2.45, 2.75) is 19.4 Å². The van der Waals surface area contributed by atoms with Gasteiger partial charge in [0.2, 0.25) is 0 Å². The molecule has 0 saturated carbocycles. The molecular formula is C11H18N2O2. The molecule has 1 aromatic rings. The lowest BCUT2D eigenvalue weighted by molar-refractivity contribution is 0.283. The van der Waals surface area contributed by atoms with E-state index in [1.54, 1.807) is 18.2 Å². The highest BCUT2D eigenvalue weighted by Gasteiger charge is 2.03. The van der Waals surface area contributed by atoms with Gasteiger partial charge in [0.25, 0.3) is 0 Å². The monoisotopic (exact) mass is 210 g/mol. The number of rotatable bonds is 6. The van der Waals surface area contributed by atoms with Crippen molar-refractivity contribution in [1.29, 1.82) is 0 Å². The lowest BCUT2D eigenvalue weighted by Crippen LogP contribution is -2.16. The maximum absolute atomic E-state index is 9.53. The molecule has 84 valence electrons. The van der Waals surface area contributed by atoms with E-state index in [-0.39, 0.29) is 12.4 Å². The highest BCUT2D eigenvalue weighted by molar-refractivity contribution is 5.53. The third kappa shape index (κ3) is 3.77. The molecule has 0 aliphatic carbocycles. The zero-order valence-electron chi connectivity index (χ0n) is 8.74. The van der Waals surface area contributed by atoms with Crippen LogP contribution in [0.25, 0.3) is 0 Å². The van der Waals surface area contributed by atoms with Crippen molar-refractivity contribution in [3.63, 3.8) is 0 Å². The molecule has 15 heavy (non-hydrogen) atoms. The number of nitrogens with two attached hydrogens (primary N) is 1. The first kappa shape index (κ1) is 11.8. The molecule has 1 aromatic carbocycles. The van der Waals surface area contributed by atoms with Crippen LogP contribution in [0.5, 0.6) is 5.75 Å². The van der Waals surface area contributed by atoms with Crippen LogP contribution in [0, 0.1) is 0 Å². The third-order valence-corrected chi connectivity index (χ3v) is 2.25. The molecule has 0 aromatic heterocycles. The lowest BCUT2D eigenvalue weighted by atomic mass is 10.1. The summed E-state index contributed by atoms with van der Waals surface area (Å²) >= 11 is 0. The Morgan fingerprint density at radius 3 is 2.73 bits per heavy atom. The molecule has 1 rings (SSSR count). The van der Waals surface area contributed by atoms with Crippen molar-refractivity contribution in [2.24, 2.45) is 0 Å². The predicted octanol–water partition coefficient (Wildman–Crippen LogP) is 0.837. The summed E-state index contributed by atoms with van der Waals surface area (Å²) in [4.78, 5) is 0. The van der Waals surface area contributed by atoms with Crippen molar-refractivity contribution in [2.75, 3.05) is 18.9 Å². The lowest BCUT2D eigenvalue weighted by Gasteiger charge is -2.09. The Bertz CT molecular complexity index is 282. The number of hydrogen-bond donors (Lipinski definition) is 4. The Hall–Kier alpha value is -1.26. The quantitative estimate of drug-likeness (QED) is 0.414. The number of nitrogen functional groups attached to an aromatic ring is 1. The Labute approximate surface area is 89.7 Å². The Morgan fingerprint density at radius 2 is 2.07 bits per heavy atom. The zero-order chi connectivity index (χ0) is 11.1. The SMILES string of the molecule is Nc1cccc(O)c1CNCCCCO. The molecule has 0 fully saturated rings. The number of anilines is 1. The van der Waals surface area contributed by atoms with Crippen LogP contribution in [-0.4, -0.2) is 23.4 Å². The van der Waals surface area contributed by atoms with Crippen LogP contribution in [-0.2, 0) is 6.54 Å². The molecule has 0 unspecified atom stereocenters. The largest absolute Gasteiger partial charge is 0.508 e. The van der Waals surface area contributed by atoms with E-state index in [1.807, 2.05) is 0 Å². The molecular weight excluding hydrogens is 192 g/mol. The first-order chi connectivity index (χ1) is 7.25. The van der Waals surface area contributed by atoms with Crippen LogP contribution in [0.2, 0.25) is 0 Å². The summed E-state index contributed by atoms with van der Waals surface area (Å²) in [6, 6.07) is 5.12. The number of aromatic hydroxyl groups is 1. The van der Waals surface area contributed by atoms with Crippen molar-refractivity contribution in [3.8, 4) is 5.75 Å². The first-order valence-electron chi connectivity index (χ1n) is 5.13. The van der Waals surface area contributed by atoms with Crippen molar-refractivity contribution < 1.29 is 10.2 Å². The van der Waals surface area contributed by atoms with E-state index in [9.17, 15) is 5.11 Å². The number of unbranched alkanes of at least 4 members (excludes halogenated alkanes) is 1.